The Hall–Kier alpha value is -1.42. The lowest BCUT2D eigenvalue weighted by molar-refractivity contribution is 0.229. The van der Waals surface area contributed by atoms with Gasteiger partial charge < -0.3 is 9.47 Å². The van der Waals surface area contributed by atoms with E-state index in [-0.39, 0.29) is 12.4 Å². The van der Waals surface area contributed by atoms with Crippen LogP contribution in [-0.2, 0) is 12.8 Å². The van der Waals surface area contributed by atoms with Crippen LogP contribution in [0.3, 0.4) is 0 Å². The van der Waals surface area contributed by atoms with Crippen molar-refractivity contribution < 1.29 is 9.47 Å². The van der Waals surface area contributed by atoms with Crippen molar-refractivity contribution in [2.24, 2.45) is 0 Å². The van der Waals surface area contributed by atoms with Gasteiger partial charge in [0.1, 0.15) is 0 Å². The van der Waals surface area contributed by atoms with Gasteiger partial charge in [-0.1, -0.05) is 29.8 Å². The van der Waals surface area contributed by atoms with E-state index in [1.54, 1.807) is 14.2 Å². The zero-order chi connectivity index (χ0) is 16.4. The second-order valence-electron chi connectivity index (χ2n) is 5.95. The average molecular weight is 368 g/mol. The number of rotatable bonds is 4. The van der Waals surface area contributed by atoms with Crippen LogP contribution in [0.1, 0.15) is 22.7 Å². The zero-order valence-electron chi connectivity index (χ0n) is 14.2. The van der Waals surface area contributed by atoms with Crippen molar-refractivity contribution in [3.8, 4) is 11.5 Å². The second kappa shape index (κ2) is 8.11. The van der Waals surface area contributed by atoms with Crippen molar-refractivity contribution in [3.05, 3.63) is 58.1 Å². The molecule has 0 amide bonds. The van der Waals surface area contributed by atoms with Crippen LogP contribution in [0.25, 0.3) is 0 Å². The third-order valence-corrected chi connectivity index (χ3v) is 4.99. The van der Waals surface area contributed by atoms with E-state index in [0.29, 0.717) is 6.04 Å². The molecular weight excluding hydrogens is 345 g/mol. The Balaban J connectivity index is 0.00000208. The maximum atomic E-state index is 6.39. The summed E-state index contributed by atoms with van der Waals surface area (Å²) < 4.78 is 10.7. The predicted molar refractivity (Wildman–Crippen MR) is 101 cm³/mol. The first kappa shape index (κ1) is 18.9. The quantitative estimate of drug-likeness (QED) is 0.790. The minimum Gasteiger partial charge on any atom is -0.493 e. The van der Waals surface area contributed by atoms with Crippen LogP contribution in [0.2, 0.25) is 5.02 Å². The Labute approximate surface area is 154 Å². The monoisotopic (exact) mass is 367 g/mol. The Morgan fingerprint density at radius 2 is 1.88 bits per heavy atom. The Bertz CT molecular complexity index is 706. The van der Waals surface area contributed by atoms with Crippen LogP contribution < -0.4 is 9.47 Å². The number of hydrogen-bond donors (Lipinski definition) is 0. The first-order valence-electron chi connectivity index (χ1n) is 7.82. The Morgan fingerprint density at radius 1 is 1.12 bits per heavy atom. The SMILES string of the molecule is COc1ccc(CC2c3cccc(Cl)c3CCN2C)cc1OC.Cl. The van der Waals surface area contributed by atoms with Crippen molar-refractivity contribution in [2.75, 3.05) is 27.8 Å². The van der Waals surface area contributed by atoms with Crippen LogP contribution in [0, 0.1) is 0 Å². The third kappa shape index (κ3) is 3.64. The van der Waals surface area contributed by atoms with E-state index in [2.05, 4.69) is 30.1 Å². The van der Waals surface area contributed by atoms with E-state index >= 15 is 0 Å². The number of benzene rings is 2. The molecule has 2 aromatic carbocycles. The highest BCUT2D eigenvalue weighted by atomic mass is 35.5. The highest BCUT2D eigenvalue weighted by Gasteiger charge is 2.26. The molecule has 2 aromatic rings. The molecule has 5 heteroatoms. The van der Waals surface area contributed by atoms with Crippen molar-refractivity contribution in [1.29, 1.82) is 0 Å². The molecule has 0 aliphatic carbocycles. The lowest BCUT2D eigenvalue weighted by atomic mass is 9.89. The summed E-state index contributed by atoms with van der Waals surface area (Å²) in [5.74, 6) is 1.53. The van der Waals surface area contributed by atoms with Crippen LogP contribution in [-0.4, -0.2) is 32.7 Å². The lowest BCUT2D eigenvalue weighted by Gasteiger charge is -2.35. The van der Waals surface area contributed by atoms with Crippen LogP contribution in [0.5, 0.6) is 11.5 Å². The van der Waals surface area contributed by atoms with Crippen molar-refractivity contribution in [3.63, 3.8) is 0 Å². The topological polar surface area (TPSA) is 21.7 Å². The molecule has 0 spiro atoms. The minimum atomic E-state index is 0. The summed E-state index contributed by atoms with van der Waals surface area (Å²) in [7, 11) is 5.50. The normalized spacial score (nSPS) is 16.9. The molecule has 1 heterocycles. The van der Waals surface area contributed by atoms with Gasteiger partial charge in [0.25, 0.3) is 0 Å². The zero-order valence-corrected chi connectivity index (χ0v) is 15.8. The van der Waals surface area contributed by atoms with Gasteiger partial charge in [0.15, 0.2) is 11.5 Å². The van der Waals surface area contributed by atoms with E-state index in [1.807, 2.05) is 18.2 Å². The number of ether oxygens (including phenoxy) is 2. The summed E-state index contributed by atoms with van der Waals surface area (Å²) in [6, 6.07) is 12.7. The summed E-state index contributed by atoms with van der Waals surface area (Å²) >= 11 is 6.39. The van der Waals surface area contributed by atoms with E-state index in [9.17, 15) is 0 Å². The van der Waals surface area contributed by atoms with Gasteiger partial charge in [0, 0.05) is 17.6 Å². The number of hydrogen-bond acceptors (Lipinski definition) is 3. The summed E-state index contributed by atoms with van der Waals surface area (Å²) in [5, 5.41) is 0.882. The number of likely N-dealkylation sites (N-methyl/N-ethyl adjacent to an activating group) is 1. The highest BCUT2D eigenvalue weighted by Crippen LogP contribution is 2.36. The third-order valence-electron chi connectivity index (χ3n) is 4.64. The summed E-state index contributed by atoms with van der Waals surface area (Å²) in [5.41, 5.74) is 3.85. The minimum absolute atomic E-state index is 0. The molecule has 0 saturated heterocycles. The molecule has 0 aromatic heterocycles. The molecule has 1 aliphatic rings. The smallest absolute Gasteiger partial charge is 0.160 e. The van der Waals surface area contributed by atoms with Gasteiger partial charge in [-0.05, 0) is 54.8 Å². The van der Waals surface area contributed by atoms with E-state index in [4.69, 9.17) is 21.1 Å². The highest BCUT2D eigenvalue weighted by molar-refractivity contribution is 6.31. The summed E-state index contributed by atoms with van der Waals surface area (Å²) in [6.07, 6.45) is 1.93. The molecule has 130 valence electrons. The molecule has 1 atom stereocenters. The molecular formula is C19H23Cl2NO2. The van der Waals surface area contributed by atoms with Gasteiger partial charge in [-0.15, -0.1) is 12.4 Å². The molecule has 0 N–H and O–H groups in total. The maximum Gasteiger partial charge on any atom is 0.160 e. The number of fused-ring (bicyclic) bond motifs is 1. The first-order chi connectivity index (χ1) is 11.1. The van der Waals surface area contributed by atoms with Crippen LogP contribution in [0.15, 0.2) is 36.4 Å². The standard InChI is InChI=1S/C19H22ClNO2.ClH/c1-21-10-9-14-15(5-4-6-16(14)20)17(21)11-13-7-8-18(22-2)19(12-13)23-3;/h4-8,12,17H,9-11H2,1-3H3;1H. The van der Waals surface area contributed by atoms with Gasteiger partial charge in [-0.3, -0.25) is 4.90 Å². The van der Waals surface area contributed by atoms with Gasteiger partial charge >= 0.3 is 0 Å². The van der Waals surface area contributed by atoms with E-state index in [1.165, 1.54) is 16.7 Å². The van der Waals surface area contributed by atoms with Crippen molar-refractivity contribution in [2.45, 2.75) is 18.9 Å². The second-order valence-corrected chi connectivity index (χ2v) is 6.35. The fraction of sp³-hybridized carbons (Fsp3) is 0.368. The molecule has 3 nitrogen and oxygen atoms in total. The Kier molecular flexibility index (Phi) is 6.39. The molecule has 0 bridgehead atoms. The number of nitrogens with zero attached hydrogens (tertiary/aromatic N) is 1. The van der Waals surface area contributed by atoms with Gasteiger partial charge in [0.05, 0.1) is 14.2 Å². The Morgan fingerprint density at radius 3 is 2.58 bits per heavy atom. The maximum absolute atomic E-state index is 6.39. The molecule has 1 aliphatic heterocycles. The number of methoxy groups -OCH3 is 2. The van der Waals surface area contributed by atoms with Gasteiger partial charge in [-0.2, -0.15) is 0 Å². The van der Waals surface area contributed by atoms with Crippen molar-refractivity contribution in [1.82, 2.24) is 4.90 Å². The average Bonchev–Trinajstić information content (AvgIpc) is 2.57. The lowest BCUT2D eigenvalue weighted by Crippen LogP contribution is -2.33. The van der Waals surface area contributed by atoms with Gasteiger partial charge in [0.2, 0.25) is 0 Å². The van der Waals surface area contributed by atoms with Crippen LogP contribution >= 0.6 is 24.0 Å². The fourth-order valence-electron chi connectivity index (χ4n) is 3.33. The molecule has 24 heavy (non-hydrogen) atoms. The van der Waals surface area contributed by atoms with E-state index < -0.39 is 0 Å². The molecule has 1 unspecified atom stereocenters. The summed E-state index contributed by atoms with van der Waals surface area (Å²) in [6.45, 7) is 1.02. The van der Waals surface area contributed by atoms with E-state index in [0.717, 1.165) is 35.9 Å². The molecule has 0 saturated carbocycles. The molecule has 0 radical (unpaired) electrons. The first-order valence-corrected chi connectivity index (χ1v) is 8.20. The van der Waals surface area contributed by atoms with Crippen molar-refractivity contribution >= 4 is 24.0 Å². The molecule has 3 rings (SSSR count). The number of halogens is 2. The fourth-order valence-corrected chi connectivity index (χ4v) is 3.61. The van der Waals surface area contributed by atoms with Crippen LogP contribution in [0.4, 0.5) is 0 Å². The predicted octanol–water partition coefficient (Wildman–Crippen LogP) is 4.55. The van der Waals surface area contributed by atoms with Gasteiger partial charge in [-0.25, -0.2) is 0 Å². The largest absolute Gasteiger partial charge is 0.493 e. The molecule has 0 fully saturated rings. The summed E-state index contributed by atoms with van der Waals surface area (Å²) in [4.78, 5) is 2.40.